The van der Waals surface area contributed by atoms with Crippen LogP contribution in [0.15, 0.2) is 71.1 Å². The second-order valence-electron chi connectivity index (χ2n) is 7.71. The molecular formula is C25H21ClFN3O. The second kappa shape index (κ2) is 8.52. The minimum Gasteiger partial charge on any atom is -0.418 e. The standard InChI is InChI=1S/C25H21ClFN3O/c26-21-15-18(27)13-14-20(21)23(25-30-29-24(31-25)17-8-2-1-3-9-17)28-22-12-6-10-16-7-4-5-11-19(16)22/h1-3,6,8-10,12-15,23,28H,4-5,7,11H2. The van der Waals surface area contributed by atoms with Gasteiger partial charge in [0, 0.05) is 21.8 Å². The van der Waals surface area contributed by atoms with E-state index in [4.69, 9.17) is 16.0 Å². The number of hydrogen-bond acceptors (Lipinski definition) is 4. The highest BCUT2D eigenvalue weighted by molar-refractivity contribution is 6.31. The molecule has 1 aliphatic carbocycles. The molecule has 156 valence electrons. The SMILES string of the molecule is Fc1ccc(C(Nc2cccc3c2CCCC3)c2nnc(-c3ccccc3)o2)c(Cl)c1. The predicted molar refractivity (Wildman–Crippen MR) is 120 cm³/mol. The summed E-state index contributed by atoms with van der Waals surface area (Å²) in [5, 5.41) is 12.4. The lowest BCUT2D eigenvalue weighted by atomic mass is 9.90. The number of hydrogen-bond donors (Lipinski definition) is 1. The maximum Gasteiger partial charge on any atom is 0.247 e. The lowest BCUT2D eigenvalue weighted by Crippen LogP contribution is -2.16. The minimum absolute atomic E-state index is 0.307. The molecule has 1 N–H and O–H groups in total. The van der Waals surface area contributed by atoms with E-state index in [2.05, 4.69) is 33.7 Å². The molecule has 0 saturated heterocycles. The van der Waals surface area contributed by atoms with Crippen molar-refractivity contribution in [3.63, 3.8) is 0 Å². The minimum atomic E-state index is -0.508. The van der Waals surface area contributed by atoms with Crippen LogP contribution in [0.1, 0.15) is 41.5 Å². The average Bonchev–Trinajstić information content (AvgIpc) is 3.29. The molecule has 1 aromatic heterocycles. The van der Waals surface area contributed by atoms with Crippen LogP contribution in [-0.2, 0) is 12.8 Å². The summed E-state index contributed by atoms with van der Waals surface area (Å²) in [5.41, 5.74) is 5.19. The van der Waals surface area contributed by atoms with Crippen LogP contribution in [0.25, 0.3) is 11.5 Å². The quantitative estimate of drug-likeness (QED) is 0.384. The zero-order valence-corrected chi connectivity index (χ0v) is 17.6. The normalized spacial score (nSPS) is 14.1. The fourth-order valence-electron chi connectivity index (χ4n) is 4.13. The Balaban J connectivity index is 1.57. The molecule has 6 heteroatoms. The molecule has 3 aromatic carbocycles. The van der Waals surface area contributed by atoms with Crippen LogP contribution in [0.5, 0.6) is 0 Å². The highest BCUT2D eigenvalue weighted by atomic mass is 35.5. The van der Waals surface area contributed by atoms with Gasteiger partial charge in [0.1, 0.15) is 11.9 Å². The monoisotopic (exact) mass is 433 g/mol. The van der Waals surface area contributed by atoms with Crippen molar-refractivity contribution in [3.05, 3.63) is 100 Å². The molecule has 0 radical (unpaired) electrons. The van der Waals surface area contributed by atoms with Crippen molar-refractivity contribution >= 4 is 17.3 Å². The molecule has 1 aliphatic rings. The predicted octanol–water partition coefficient (Wildman–Crippen LogP) is 6.61. The highest BCUT2D eigenvalue weighted by Crippen LogP contribution is 2.36. The highest BCUT2D eigenvalue weighted by Gasteiger charge is 2.25. The fraction of sp³-hybridized carbons (Fsp3) is 0.200. The zero-order chi connectivity index (χ0) is 21.2. The number of benzene rings is 3. The lowest BCUT2D eigenvalue weighted by molar-refractivity contribution is 0.493. The Bertz CT molecular complexity index is 1210. The fourth-order valence-corrected chi connectivity index (χ4v) is 4.41. The Morgan fingerprint density at radius 2 is 1.77 bits per heavy atom. The Morgan fingerprint density at radius 1 is 0.935 bits per heavy atom. The van der Waals surface area contributed by atoms with Gasteiger partial charge < -0.3 is 9.73 Å². The van der Waals surface area contributed by atoms with Crippen molar-refractivity contribution in [2.75, 3.05) is 5.32 Å². The molecule has 1 heterocycles. The van der Waals surface area contributed by atoms with E-state index in [0.29, 0.717) is 22.4 Å². The topological polar surface area (TPSA) is 51.0 Å². The molecule has 1 atom stereocenters. The van der Waals surface area contributed by atoms with E-state index in [1.807, 2.05) is 30.3 Å². The number of halogens is 2. The van der Waals surface area contributed by atoms with E-state index in [0.717, 1.165) is 30.5 Å². The first-order chi connectivity index (χ1) is 15.2. The van der Waals surface area contributed by atoms with Gasteiger partial charge in [0.15, 0.2) is 0 Å². The first-order valence-corrected chi connectivity index (χ1v) is 10.8. The van der Waals surface area contributed by atoms with Crippen LogP contribution in [0.4, 0.5) is 10.1 Å². The molecule has 5 rings (SSSR count). The van der Waals surface area contributed by atoms with E-state index < -0.39 is 6.04 Å². The van der Waals surface area contributed by atoms with Gasteiger partial charge >= 0.3 is 0 Å². The Hall–Kier alpha value is -3.18. The van der Waals surface area contributed by atoms with Crippen molar-refractivity contribution < 1.29 is 8.81 Å². The molecule has 0 saturated carbocycles. The lowest BCUT2D eigenvalue weighted by Gasteiger charge is -2.24. The van der Waals surface area contributed by atoms with Crippen LogP contribution >= 0.6 is 11.6 Å². The zero-order valence-electron chi connectivity index (χ0n) is 16.8. The van der Waals surface area contributed by atoms with Crippen molar-refractivity contribution in [2.45, 2.75) is 31.7 Å². The van der Waals surface area contributed by atoms with Gasteiger partial charge in [0.2, 0.25) is 11.8 Å². The second-order valence-corrected chi connectivity index (χ2v) is 8.11. The number of rotatable bonds is 5. The summed E-state index contributed by atoms with van der Waals surface area (Å²) in [5.74, 6) is 0.414. The third-order valence-corrected chi connectivity index (χ3v) is 6.00. The summed E-state index contributed by atoms with van der Waals surface area (Å²) in [6, 6.07) is 19.7. The molecule has 0 bridgehead atoms. The molecule has 0 aliphatic heterocycles. The third kappa shape index (κ3) is 4.06. The number of aromatic nitrogens is 2. The number of anilines is 1. The number of aryl methyl sites for hydroxylation is 1. The molecule has 4 nitrogen and oxygen atoms in total. The molecular weight excluding hydrogens is 413 g/mol. The smallest absolute Gasteiger partial charge is 0.247 e. The van der Waals surface area contributed by atoms with E-state index >= 15 is 0 Å². The first kappa shape index (κ1) is 19.8. The van der Waals surface area contributed by atoms with E-state index in [9.17, 15) is 4.39 Å². The van der Waals surface area contributed by atoms with Gasteiger partial charge in [0.05, 0.1) is 0 Å². The van der Waals surface area contributed by atoms with E-state index in [1.54, 1.807) is 6.07 Å². The van der Waals surface area contributed by atoms with Gasteiger partial charge in [-0.05, 0) is 67.1 Å². The van der Waals surface area contributed by atoms with Crippen LogP contribution in [0.2, 0.25) is 5.02 Å². The maximum atomic E-state index is 13.7. The van der Waals surface area contributed by atoms with Gasteiger partial charge in [-0.3, -0.25) is 0 Å². The number of fused-ring (bicyclic) bond motifs is 1. The van der Waals surface area contributed by atoms with Gasteiger partial charge in [-0.1, -0.05) is 48.0 Å². The Labute approximate surface area is 185 Å². The van der Waals surface area contributed by atoms with Crippen molar-refractivity contribution in [3.8, 4) is 11.5 Å². The number of nitrogens with zero attached hydrogens (tertiary/aromatic N) is 2. The Kier molecular flexibility index (Phi) is 5.43. The van der Waals surface area contributed by atoms with Gasteiger partial charge in [-0.25, -0.2) is 4.39 Å². The number of nitrogens with one attached hydrogen (secondary N) is 1. The third-order valence-electron chi connectivity index (χ3n) is 5.68. The summed E-state index contributed by atoms with van der Waals surface area (Å²) in [4.78, 5) is 0. The summed E-state index contributed by atoms with van der Waals surface area (Å²) in [6.07, 6.45) is 4.45. The van der Waals surface area contributed by atoms with Crippen LogP contribution < -0.4 is 5.32 Å². The summed E-state index contributed by atoms with van der Waals surface area (Å²) < 4.78 is 19.8. The van der Waals surface area contributed by atoms with Crippen LogP contribution in [0, 0.1) is 5.82 Å². The maximum absolute atomic E-state index is 13.7. The molecule has 0 spiro atoms. The molecule has 1 unspecified atom stereocenters. The first-order valence-electron chi connectivity index (χ1n) is 10.4. The molecule has 0 fully saturated rings. The molecule has 4 aromatic rings. The van der Waals surface area contributed by atoms with Crippen molar-refractivity contribution in [1.82, 2.24) is 10.2 Å². The van der Waals surface area contributed by atoms with Gasteiger partial charge in [-0.15, -0.1) is 10.2 Å². The van der Waals surface area contributed by atoms with Crippen molar-refractivity contribution in [1.29, 1.82) is 0 Å². The molecule has 31 heavy (non-hydrogen) atoms. The van der Waals surface area contributed by atoms with Gasteiger partial charge in [-0.2, -0.15) is 0 Å². The molecule has 0 amide bonds. The van der Waals surface area contributed by atoms with Gasteiger partial charge in [0.25, 0.3) is 0 Å². The average molecular weight is 434 g/mol. The van der Waals surface area contributed by atoms with Crippen LogP contribution in [-0.4, -0.2) is 10.2 Å². The summed E-state index contributed by atoms with van der Waals surface area (Å²) in [7, 11) is 0. The summed E-state index contributed by atoms with van der Waals surface area (Å²) >= 11 is 6.44. The van der Waals surface area contributed by atoms with E-state index in [-0.39, 0.29) is 5.82 Å². The van der Waals surface area contributed by atoms with Crippen molar-refractivity contribution in [2.24, 2.45) is 0 Å². The van der Waals surface area contributed by atoms with E-state index in [1.165, 1.54) is 29.7 Å². The largest absolute Gasteiger partial charge is 0.418 e. The Morgan fingerprint density at radius 3 is 2.61 bits per heavy atom. The van der Waals surface area contributed by atoms with Crippen LogP contribution in [0.3, 0.4) is 0 Å². The summed E-state index contributed by atoms with van der Waals surface area (Å²) in [6.45, 7) is 0.